The molecular weight excluding hydrogens is 310 g/mol. The third-order valence-corrected chi connectivity index (χ3v) is 4.87. The van der Waals surface area contributed by atoms with E-state index < -0.39 is 0 Å². The molecule has 2 aromatic carbocycles. The molecule has 1 aromatic heterocycles. The lowest BCUT2D eigenvalue weighted by Crippen LogP contribution is -1.96. The van der Waals surface area contributed by atoms with Crippen molar-refractivity contribution in [1.29, 1.82) is 0 Å². The summed E-state index contributed by atoms with van der Waals surface area (Å²) in [5, 5.41) is 0. The quantitative estimate of drug-likeness (QED) is 0.650. The molecule has 0 atom stereocenters. The molecule has 3 aromatic rings. The zero-order valence-electron chi connectivity index (χ0n) is 14.2. The predicted octanol–water partition coefficient (Wildman–Crippen LogP) is 4.73. The van der Waals surface area contributed by atoms with E-state index in [-0.39, 0.29) is 0 Å². The van der Waals surface area contributed by atoms with Crippen LogP contribution in [0.3, 0.4) is 0 Å². The number of ether oxygens (including phenoxy) is 1. The minimum Gasteiger partial charge on any atom is -0.497 e. The molecule has 0 saturated carbocycles. The molecule has 1 heterocycles. The molecule has 0 amide bonds. The van der Waals surface area contributed by atoms with Gasteiger partial charge >= 0.3 is 0 Å². The van der Waals surface area contributed by atoms with Crippen molar-refractivity contribution in [3.8, 4) is 28.1 Å². The molecule has 124 valence electrons. The lowest BCUT2D eigenvalue weighted by molar-refractivity contribution is 0.112. The standard InChI is InChI=1S/C22H19NO2/c1-25-18-11-9-17(10-12-18)22-20-4-2-3-19(20)21(13-23-22)16-7-5-15(14-24)6-8-16/h5-14H,2-4H2,1H3. The second-order valence-electron chi connectivity index (χ2n) is 6.30. The van der Waals surface area contributed by atoms with E-state index in [9.17, 15) is 4.79 Å². The second-order valence-corrected chi connectivity index (χ2v) is 6.30. The molecule has 25 heavy (non-hydrogen) atoms. The smallest absolute Gasteiger partial charge is 0.150 e. The van der Waals surface area contributed by atoms with Gasteiger partial charge in [-0.3, -0.25) is 9.78 Å². The first-order valence-electron chi connectivity index (χ1n) is 8.51. The Kier molecular flexibility index (Phi) is 4.06. The maximum absolute atomic E-state index is 10.9. The molecule has 3 heteroatoms. The molecule has 3 nitrogen and oxygen atoms in total. The van der Waals surface area contributed by atoms with Gasteiger partial charge in [0.1, 0.15) is 12.0 Å². The summed E-state index contributed by atoms with van der Waals surface area (Å²) in [5.41, 5.74) is 7.94. The van der Waals surface area contributed by atoms with Crippen LogP contribution in [-0.2, 0) is 12.8 Å². The van der Waals surface area contributed by atoms with Gasteiger partial charge in [-0.2, -0.15) is 0 Å². The summed E-state index contributed by atoms with van der Waals surface area (Å²) in [6, 6.07) is 15.8. The van der Waals surface area contributed by atoms with Crippen LogP contribution >= 0.6 is 0 Å². The summed E-state index contributed by atoms with van der Waals surface area (Å²) in [7, 11) is 1.68. The number of hydrogen-bond donors (Lipinski definition) is 0. The van der Waals surface area contributed by atoms with E-state index in [1.165, 1.54) is 16.7 Å². The maximum Gasteiger partial charge on any atom is 0.150 e. The van der Waals surface area contributed by atoms with Gasteiger partial charge in [0.15, 0.2) is 0 Å². The number of benzene rings is 2. The molecule has 0 N–H and O–H groups in total. The van der Waals surface area contributed by atoms with Crippen LogP contribution in [0.4, 0.5) is 0 Å². The van der Waals surface area contributed by atoms with Crippen LogP contribution in [0.5, 0.6) is 5.75 Å². The lowest BCUT2D eigenvalue weighted by atomic mass is 9.95. The second kappa shape index (κ2) is 6.52. The normalized spacial score (nSPS) is 12.7. The summed E-state index contributed by atoms with van der Waals surface area (Å²) in [5.74, 6) is 0.854. The molecule has 1 aliphatic carbocycles. The zero-order chi connectivity index (χ0) is 17.2. The van der Waals surface area contributed by atoms with Crippen LogP contribution in [0, 0.1) is 0 Å². The van der Waals surface area contributed by atoms with Gasteiger partial charge in [-0.1, -0.05) is 24.3 Å². The largest absolute Gasteiger partial charge is 0.497 e. The number of fused-ring (bicyclic) bond motifs is 1. The summed E-state index contributed by atoms with van der Waals surface area (Å²) >= 11 is 0. The highest BCUT2D eigenvalue weighted by molar-refractivity contribution is 5.79. The van der Waals surface area contributed by atoms with Crippen molar-refractivity contribution in [3.05, 3.63) is 71.4 Å². The predicted molar refractivity (Wildman–Crippen MR) is 99.1 cm³/mol. The maximum atomic E-state index is 10.9. The number of nitrogens with zero attached hydrogens (tertiary/aromatic N) is 1. The van der Waals surface area contributed by atoms with E-state index in [4.69, 9.17) is 9.72 Å². The van der Waals surface area contributed by atoms with Crippen molar-refractivity contribution >= 4 is 6.29 Å². The Labute approximate surface area is 147 Å². The minimum atomic E-state index is 0.697. The van der Waals surface area contributed by atoms with Gasteiger partial charge < -0.3 is 4.74 Å². The molecule has 0 saturated heterocycles. The Morgan fingerprint density at radius 1 is 0.920 bits per heavy atom. The minimum absolute atomic E-state index is 0.697. The van der Waals surface area contributed by atoms with Gasteiger partial charge in [-0.05, 0) is 60.2 Å². The number of hydrogen-bond acceptors (Lipinski definition) is 3. The fourth-order valence-corrected chi connectivity index (χ4v) is 3.57. The molecule has 0 radical (unpaired) electrons. The van der Waals surface area contributed by atoms with Crippen molar-refractivity contribution < 1.29 is 9.53 Å². The Balaban J connectivity index is 1.79. The van der Waals surface area contributed by atoms with Crippen molar-refractivity contribution in [2.75, 3.05) is 7.11 Å². The fraction of sp³-hybridized carbons (Fsp3) is 0.182. The first kappa shape index (κ1) is 15.6. The number of methoxy groups -OCH3 is 1. The first-order valence-corrected chi connectivity index (χ1v) is 8.51. The number of carbonyl (C=O) groups is 1. The molecule has 0 spiro atoms. The third-order valence-electron chi connectivity index (χ3n) is 4.87. The topological polar surface area (TPSA) is 39.2 Å². The van der Waals surface area contributed by atoms with Gasteiger partial charge in [0, 0.05) is 22.9 Å². The molecular formula is C22H19NO2. The summed E-state index contributed by atoms with van der Waals surface area (Å²) in [6.45, 7) is 0. The molecule has 0 fully saturated rings. The Bertz CT molecular complexity index is 912. The van der Waals surface area contributed by atoms with Gasteiger partial charge in [-0.15, -0.1) is 0 Å². The average Bonchev–Trinajstić information content (AvgIpc) is 3.17. The number of aromatic nitrogens is 1. The fourth-order valence-electron chi connectivity index (χ4n) is 3.57. The van der Waals surface area contributed by atoms with Crippen LogP contribution in [0.15, 0.2) is 54.7 Å². The van der Waals surface area contributed by atoms with Gasteiger partial charge in [0.2, 0.25) is 0 Å². The number of aldehydes is 1. The zero-order valence-corrected chi connectivity index (χ0v) is 14.2. The van der Waals surface area contributed by atoms with Crippen molar-refractivity contribution in [3.63, 3.8) is 0 Å². The number of rotatable bonds is 4. The monoisotopic (exact) mass is 329 g/mol. The highest BCUT2D eigenvalue weighted by Crippen LogP contribution is 2.37. The Hall–Kier alpha value is -2.94. The lowest BCUT2D eigenvalue weighted by Gasteiger charge is -2.13. The first-order chi connectivity index (χ1) is 12.3. The van der Waals surface area contributed by atoms with Crippen LogP contribution in [0.1, 0.15) is 27.9 Å². The van der Waals surface area contributed by atoms with Crippen molar-refractivity contribution in [2.24, 2.45) is 0 Å². The molecule has 1 aliphatic rings. The molecule has 4 rings (SSSR count). The number of carbonyl (C=O) groups excluding carboxylic acids is 1. The van der Waals surface area contributed by atoms with Gasteiger partial charge in [0.25, 0.3) is 0 Å². The van der Waals surface area contributed by atoms with E-state index in [0.717, 1.165) is 48.1 Å². The van der Waals surface area contributed by atoms with Crippen LogP contribution in [-0.4, -0.2) is 18.4 Å². The summed E-state index contributed by atoms with van der Waals surface area (Å²) in [4.78, 5) is 15.7. The van der Waals surface area contributed by atoms with Crippen LogP contribution in [0.25, 0.3) is 22.4 Å². The van der Waals surface area contributed by atoms with Crippen LogP contribution < -0.4 is 4.74 Å². The average molecular weight is 329 g/mol. The molecule has 0 aliphatic heterocycles. The Morgan fingerprint density at radius 2 is 1.60 bits per heavy atom. The van der Waals surface area contributed by atoms with Crippen molar-refractivity contribution in [1.82, 2.24) is 4.98 Å². The summed E-state index contributed by atoms with van der Waals surface area (Å²) in [6.07, 6.45) is 6.14. The number of pyridine rings is 1. The SMILES string of the molecule is COc1ccc(-c2ncc(-c3ccc(C=O)cc3)c3c2CCC3)cc1. The van der Waals surface area contributed by atoms with E-state index >= 15 is 0 Å². The highest BCUT2D eigenvalue weighted by atomic mass is 16.5. The van der Waals surface area contributed by atoms with E-state index in [0.29, 0.717) is 5.56 Å². The van der Waals surface area contributed by atoms with Gasteiger partial charge in [0.05, 0.1) is 12.8 Å². The molecule has 0 bridgehead atoms. The van der Waals surface area contributed by atoms with Crippen molar-refractivity contribution in [2.45, 2.75) is 19.3 Å². The summed E-state index contributed by atoms with van der Waals surface area (Å²) < 4.78 is 5.25. The van der Waals surface area contributed by atoms with E-state index in [1.54, 1.807) is 7.11 Å². The molecule has 0 unspecified atom stereocenters. The van der Waals surface area contributed by atoms with E-state index in [2.05, 4.69) is 12.1 Å². The van der Waals surface area contributed by atoms with Crippen LogP contribution in [0.2, 0.25) is 0 Å². The highest BCUT2D eigenvalue weighted by Gasteiger charge is 2.21. The Morgan fingerprint density at radius 3 is 2.28 bits per heavy atom. The third kappa shape index (κ3) is 2.82. The van der Waals surface area contributed by atoms with Gasteiger partial charge in [-0.25, -0.2) is 0 Å². The van der Waals surface area contributed by atoms with E-state index in [1.807, 2.05) is 42.6 Å².